The van der Waals surface area contributed by atoms with E-state index < -0.39 is 6.10 Å². The average molecular weight is 296 g/mol. The summed E-state index contributed by atoms with van der Waals surface area (Å²) in [5, 5.41) is 9.89. The van der Waals surface area contributed by atoms with Crippen LogP contribution in [0.5, 0.6) is 5.75 Å². The maximum absolute atomic E-state index is 11.3. The molecule has 118 valence electrons. The molecule has 0 bridgehead atoms. The molecule has 1 aromatic carbocycles. The summed E-state index contributed by atoms with van der Waals surface area (Å²) in [6, 6.07) is 7.40. The molecular formula is C15H24N2O4. The summed E-state index contributed by atoms with van der Waals surface area (Å²) >= 11 is 0. The van der Waals surface area contributed by atoms with Gasteiger partial charge in [-0.15, -0.1) is 0 Å². The van der Waals surface area contributed by atoms with Gasteiger partial charge in [0.1, 0.15) is 18.5 Å². The van der Waals surface area contributed by atoms with Gasteiger partial charge in [-0.3, -0.25) is 9.69 Å². The lowest BCUT2D eigenvalue weighted by atomic mass is 10.2. The van der Waals surface area contributed by atoms with Crippen LogP contribution in [0.3, 0.4) is 0 Å². The van der Waals surface area contributed by atoms with Crippen molar-refractivity contribution in [2.45, 2.75) is 19.6 Å². The van der Waals surface area contributed by atoms with E-state index in [1.807, 2.05) is 24.3 Å². The zero-order chi connectivity index (χ0) is 15.7. The standard InChI is InChI=1S/C15H24N2O4/c1-3-20-15(19)10-17(2)9-13(18)11-21-14-6-4-12(8-16)5-7-14/h4-7,13,18H,3,8-11,16H2,1-2H3. The minimum absolute atomic E-state index is 0.149. The number of aliphatic hydroxyl groups excluding tert-OH is 1. The highest BCUT2D eigenvalue weighted by Gasteiger charge is 2.12. The fraction of sp³-hybridized carbons (Fsp3) is 0.533. The maximum atomic E-state index is 11.3. The Bertz CT molecular complexity index is 422. The second-order valence-corrected chi connectivity index (χ2v) is 4.81. The van der Waals surface area contributed by atoms with Gasteiger partial charge in [-0.05, 0) is 31.7 Å². The van der Waals surface area contributed by atoms with Gasteiger partial charge in [0.15, 0.2) is 0 Å². The van der Waals surface area contributed by atoms with E-state index >= 15 is 0 Å². The molecule has 3 N–H and O–H groups in total. The van der Waals surface area contributed by atoms with Gasteiger partial charge in [0.25, 0.3) is 0 Å². The molecule has 0 radical (unpaired) electrons. The summed E-state index contributed by atoms with van der Waals surface area (Å²) < 4.78 is 10.3. The molecule has 6 heteroatoms. The first-order valence-corrected chi connectivity index (χ1v) is 6.99. The predicted octanol–water partition coefficient (Wildman–Crippen LogP) is 0.380. The first-order valence-electron chi connectivity index (χ1n) is 6.99. The Kier molecular flexibility index (Phi) is 7.74. The quantitative estimate of drug-likeness (QED) is 0.641. The number of hydrogen-bond acceptors (Lipinski definition) is 6. The molecule has 0 fully saturated rings. The van der Waals surface area contributed by atoms with Gasteiger partial charge in [0, 0.05) is 13.1 Å². The summed E-state index contributed by atoms with van der Waals surface area (Å²) in [7, 11) is 1.75. The van der Waals surface area contributed by atoms with E-state index in [0.29, 0.717) is 25.4 Å². The molecule has 1 rings (SSSR count). The van der Waals surface area contributed by atoms with Crippen LogP contribution in [-0.2, 0) is 16.1 Å². The van der Waals surface area contributed by atoms with Crippen molar-refractivity contribution in [1.29, 1.82) is 0 Å². The van der Waals surface area contributed by atoms with Gasteiger partial charge in [-0.25, -0.2) is 0 Å². The molecule has 21 heavy (non-hydrogen) atoms. The topological polar surface area (TPSA) is 85.0 Å². The first kappa shape index (κ1) is 17.4. The molecule has 0 amide bonds. The Morgan fingerprint density at radius 2 is 2.05 bits per heavy atom. The average Bonchev–Trinajstić information content (AvgIpc) is 2.45. The smallest absolute Gasteiger partial charge is 0.320 e. The highest BCUT2D eigenvalue weighted by atomic mass is 16.5. The number of carbonyl (C=O) groups is 1. The molecular weight excluding hydrogens is 272 g/mol. The SMILES string of the molecule is CCOC(=O)CN(C)CC(O)COc1ccc(CN)cc1. The predicted molar refractivity (Wildman–Crippen MR) is 80.0 cm³/mol. The van der Waals surface area contributed by atoms with Crippen molar-refractivity contribution in [2.24, 2.45) is 5.73 Å². The number of nitrogens with zero attached hydrogens (tertiary/aromatic N) is 1. The molecule has 0 aliphatic carbocycles. The number of likely N-dealkylation sites (N-methyl/N-ethyl adjacent to an activating group) is 1. The van der Waals surface area contributed by atoms with Crippen molar-refractivity contribution >= 4 is 5.97 Å². The highest BCUT2D eigenvalue weighted by Crippen LogP contribution is 2.12. The summed E-state index contributed by atoms with van der Waals surface area (Å²) in [5.74, 6) is 0.379. The first-order chi connectivity index (χ1) is 10.0. The van der Waals surface area contributed by atoms with E-state index in [2.05, 4.69) is 0 Å². The van der Waals surface area contributed by atoms with Crippen molar-refractivity contribution < 1.29 is 19.4 Å². The Morgan fingerprint density at radius 1 is 1.38 bits per heavy atom. The monoisotopic (exact) mass is 296 g/mol. The third-order valence-electron chi connectivity index (χ3n) is 2.83. The summed E-state index contributed by atoms with van der Waals surface area (Å²) in [6.07, 6.45) is -0.682. The van der Waals surface area contributed by atoms with Crippen molar-refractivity contribution in [3.63, 3.8) is 0 Å². The fourth-order valence-electron chi connectivity index (χ4n) is 1.82. The van der Waals surface area contributed by atoms with E-state index in [-0.39, 0.29) is 19.1 Å². The molecule has 0 aromatic heterocycles. The maximum Gasteiger partial charge on any atom is 0.320 e. The van der Waals surface area contributed by atoms with Crippen molar-refractivity contribution in [3.8, 4) is 5.75 Å². The Hall–Kier alpha value is -1.63. The number of benzene rings is 1. The Labute approximate surface area is 125 Å². The number of carbonyl (C=O) groups excluding carboxylic acids is 1. The van der Waals surface area contributed by atoms with Crippen LogP contribution in [0, 0.1) is 0 Å². The highest BCUT2D eigenvalue weighted by molar-refractivity contribution is 5.71. The van der Waals surface area contributed by atoms with Gasteiger partial charge in [0.05, 0.1) is 13.2 Å². The van der Waals surface area contributed by atoms with Crippen molar-refractivity contribution in [1.82, 2.24) is 4.90 Å². The van der Waals surface area contributed by atoms with Gasteiger partial charge in [0.2, 0.25) is 0 Å². The molecule has 0 aliphatic heterocycles. The molecule has 0 spiro atoms. The van der Waals surface area contributed by atoms with Crippen LogP contribution < -0.4 is 10.5 Å². The molecule has 0 heterocycles. The van der Waals surface area contributed by atoms with Crippen LogP contribution in [0.15, 0.2) is 24.3 Å². The largest absolute Gasteiger partial charge is 0.491 e. The zero-order valence-corrected chi connectivity index (χ0v) is 12.6. The lowest BCUT2D eigenvalue weighted by Crippen LogP contribution is -2.36. The Morgan fingerprint density at radius 3 is 2.62 bits per heavy atom. The second kappa shape index (κ2) is 9.33. The van der Waals surface area contributed by atoms with Gasteiger partial charge >= 0.3 is 5.97 Å². The van der Waals surface area contributed by atoms with E-state index in [1.54, 1.807) is 18.9 Å². The minimum atomic E-state index is -0.682. The van der Waals surface area contributed by atoms with Crippen LogP contribution in [-0.4, -0.2) is 55.4 Å². The molecule has 0 aliphatic rings. The van der Waals surface area contributed by atoms with E-state index in [4.69, 9.17) is 15.2 Å². The number of esters is 1. The number of aliphatic hydroxyl groups is 1. The van der Waals surface area contributed by atoms with Crippen LogP contribution in [0.1, 0.15) is 12.5 Å². The van der Waals surface area contributed by atoms with E-state index in [1.165, 1.54) is 0 Å². The number of nitrogens with two attached hydrogens (primary N) is 1. The van der Waals surface area contributed by atoms with Crippen molar-refractivity contribution in [3.05, 3.63) is 29.8 Å². The summed E-state index contributed by atoms with van der Waals surface area (Å²) in [5.41, 5.74) is 6.54. The number of hydrogen-bond donors (Lipinski definition) is 2. The third kappa shape index (κ3) is 7.08. The Balaban J connectivity index is 2.29. The minimum Gasteiger partial charge on any atom is -0.491 e. The molecule has 1 atom stereocenters. The summed E-state index contributed by atoms with van der Waals surface area (Å²) in [4.78, 5) is 13.0. The lowest BCUT2D eigenvalue weighted by molar-refractivity contribution is -0.144. The lowest BCUT2D eigenvalue weighted by Gasteiger charge is -2.19. The van der Waals surface area contributed by atoms with E-state index in [9.17, 15) is 9.90 Å². The van der Waals surface area contributed by atoms with E-state index in [0.717, 1.165) is 5.56 Å². The van der Waals surface area contributed by atoms with Crippen LogP contribution >= 0.6 is 0 Å². The van der Waals surface area contributed by atoms with Gasteiger partial charge < -0.3 is 20.3 Å². The summed E-state index contributed by atoms with van der Waals surface area (Å²) in [6.45, 7) is 3.25. The molecule has 1 aromatic rings. The van der Waals surface area contributed by atoms with Gasteiger partial charge in [-0.1, -0.05) is 12.1 Å². The zero-order valence-electron chi connectivity index (χ0n) is 12.6. The normalized spacial score (nSPS) is 12.2. The molecule has 1 unspecified atom stereocenters. The second-order valence-electron chi connectivity index (χ2n) is 4.81. The third-order valence-corrected chi connectivity index (χ3v) is 2.83. The molecule has 0 saturated carbocycles. The van der Waals surface area contributed by atoms with Crippen LogP contribution in [0.4, 0.5) is 0 Å². The molecule has 0 saturated heterocycles. The van der Waals surface area contributed by atoms with Crippen LogP contribution in [0.2, 0.25) is 0 Å². The van der Waals surface area contributed by atoms with Crippen molar-refractivity contribution in [2.75, 3.05) is 33.4 Å². The fourth-order valence-corrected chi connectivity index (χ4v) is 1.82. The number of ether oxygens (including phenoxy) is 2. The van der Waals surface area contributed by atoms with Gasteiger partial charge in [-0.2, -0.15) is 0 Å². The number of rotatable bonds is 9. The molecule has 6 nitrogen and oxygen atoms in total. The van der Waals surface area contributed by atoms with Crippen LogP contribution in [0.25, 0.3) is 0 Å².